The lowest BCUT2D eigenvalue weighted by molar-refractivity contribution is -0.137. The molecule has 1 aliphatic carbocycles. The average molecular weight is 517 g/mol. The Morgan fingerprint density at radius 2 is 1.73 bits per heavy atom. The second-order valence-corrected chi connectivity index (χ2v) is 10.4. The highest BCUT2D eigenvalue weighted by atomic mass is 19.4. The van der Waals surface area contributed by atoms with Gasteiger partial charge in [0.2, 0.25) is 0 Å². The van der Waals surface area contributed by atoms with E-state index in [0.29, 0.717) is 37.4 Å². The molecule has 0 amide bonds. The van der Waals surface area contributed by atoms with E-state index in [4.69, 9.17) is 10.1 Å². The van der Waals surface area contributed by atoms with Crippen molar-refractivity contribution in [1.29, 1.82) is 0 Å². The van der Waals surface area contributed by atoms with Crippen LogP contribution in [0.3, 0.4) is 0 Å². The van der Waals surface area contributed by atoms with Gasteiger partial charge in [0.25, 0.3) is 0 Å². The number of carboxylic acids is 1. The number of alkyl halides is 3. The van der Waals surface area contributed by atoms with Crippen LogP contribution in [0.1, 0.15) is 73.5 Å². The molecule has 0 heterocycles. The maximum Gasteiger partial charge on any atom is 0.416 e. The summed E-state index contributed by atoms with van der Waals surface area (Å²) in [6.45, 7) is 6.42. The second-order valence-electron chi connectivity index (χ2n) is 10.4. The van der Waals surface area contributed by atoms with Gasteiger partial charge < -0.3 is 5.11 Å². The van der Waals surface area contributed by atoms with Gasteiger partial charge in [-0.15, -0.1) is 0 Å². The number of hydrogen-bond acceptors (Lipinski definition) is 4. The van der Waals surface area contributed by atoms with Gasteiger partial charge in [-0.05, 0) is 87.7 Å². The Morgan fingerprint density at radius 3 is 2.24 bits per heavy atom. The molecule has 200 valence electrons. The largest absolute Gasteiger partial charge is 0.478 e. The minimum Gasteiger partial charge on any atom is -0.478 e. The predicted octanol–water partition coefficient (Wildman–Crippen LogP) is 6.50. The molecule has 1 fully saturated rings. The number of hydrogen-bond donors (Lipinski definition) is 1. The fourth-order valence-corrected chi connectivity index (χ4v) is 5.22. The summed E-state index contributed by atoms with van der Waals surface area (Å²) in [5.41, 5.74) is -0.207. The Morgan fingerprint density at radius 1 is 1.11 bits per heavy atom. The number of nitrogens with zero attached hydrogens (tertiary/aromatic N) is 2. The van der Waals surface area contributed by atoms with Crippen molar-refractivity contribution in [2.75, 3.05) is 7.05 Å². The standard InChI is InChI=1S/C29H35F3N2O3/c1-19(2)22-12-14-28(15-13-22,33-26(18-35)24-6-5-7-25(17-24)29(30,31)32)34(4)20(3)16-21-8-10-23(11-9-21)27(36)37/h5-11,17-20,22H,12-16H2,1-4H3,(H,36,37)/b33-26+. The molecule has 0 spiro atoms. The van der Waals surface area contributed by atoms with Crippen molar-refractivity contribution in [2.24, 2.45) is 16.8 Å². The van der Waals surface area contributed by atoms with Crippen molar-refractivity contribution in [1.82, 2.24) is 4.90 Å². The number of benzene rings is 2. The molecule has 2 aromatic rings. The molecular weight excluding hydrogens is 481 g/mol. The summed E-state index contributed by atoms with van der Waals surface area (Å²) in [5.74, 6) is 0.0400. The highest BCUT2D eigenvalue weighted by molar-refractivity contribution is 6.36. The fourth-order valence-electron chi connectivity index (χ4n) is 5.22. The quantitative estimate of drug-likeness (QED) is 0.305. The van der Waals surface area contributed by atoms with Crippen molar-refractivity contribution in [3.63, 3.8) is 0 Å². The summed E-state index contributed by atoms with van der Waals surface area (Å²) in [5, 5.41) is 9.16. The Balaban J connectivity index is 1.95. The minimum atomic E-state index is -4.52. The zero-order valence-electron chi connectivity index (χ0n) is 21.8. The van der Waals surface area contributed by atoms with Crippen LogP contribution in [0.2, 0.25) is 0 Å². The molecule has 0 aromatic heterocycles. The van der Waals surface area contributed by atoms with E-state index in [-0.39, 0.29) is 22.9 Å². The third-order valence-corrected chi connectivity index (χ3v) is 7.75. The molecule has 0 saturated heterocycles. The Bertz CT molecular complexity index is 1120. The van der Waals surface area contributed by atoms with Gasteiger partial charge in [-0.3, -0.25) is 14.7 Å². The molecule has 1 saturated carbocycles. The van der Waals surface area contributed by atoms with Crippen LogP contribution in [0.5, 0.6) is 0 Å². The lowest BCUT2D eigenvalue weighted by Gasteiger charge is -2.47. The summed E-state index contributed by atoms with van der Waals surface area (Å²) in [6, 6.07) is 11.5. The van der Waals surface area contributed by atoms with Gasteiger partial charge in [0.05, 0.1) is 11.1 Å². The van der Waals surface area contributed by atoms with Crippen molar-refractivity contribution >= 4 is 18.0 Å². The number of rotatable bonds is 9. The first-order valence-corrected chi connectivity index (χ1v) is 12.6. The molecule has 3 rings (SSSR count). The van der Waals surface area contributed by atoms with Gasteiger partial charge in [-0.25, -0.2) is 4.79 Å². The summed E-state index contributed by atoms with van der Waals surface area (Å²) >= 11 is 0. The van der Waals surface area contributed by atoms with E-state index in [9.17, 15) is 22.8 Å². The van der Waals surface area contributed by atoms with Gasteiger partial charge in [0.15, 0.2) is 6.29 Å². The number of aliphatic imine (C=N–C) groups is 1. The van der Waals surface area contributed by atoms with Gasteiger partial charge in [-0.2, -0.15) is 13.2 Å². The number of carboxylic acid groups (broad SMARTS) is 1. The molecule has 1 N–H and O–H groups in total. The molecule has 1 unspecified atom stereocenters. The highest BCUT2D eigenvalue weighted by Crippen LogP contribution is 2.41. The maximum atomic E-state index is 13.3. The van der Waals surface area contributed by atoms with Crippen molar-refractivity contribution in [2.45, 2.75) is 70.8 Å². The van der Waals surface area contributed by atoms with Crippen LogP contribution >= 0.6 is 0 Å². The van der Waals surface area contributed by atoms with E-state index in [2.05, 4.69) is 18.7 Å². The van der Waals surface area contributed by atoms with Crippen LogP contribution in [-0.4, -0.2) is 46.7 Å². The molecule has 0 aliphatic heterocycles. The summed E-state index contributed by atoms with van der Waals surface area (Å²) < 4.78 is 40.0. The molecule has 37 heavy (non-hydrogen) atoms. The van der Waals surface area contributed by atoms with Crippen LogP contribution in [0.25, 0.3) is 0 Å². The molecule has 2 aromatic carbocycles. The van der Waals surface area contributed by atoms with Gasteiger partial charge in [0, 0.05) is 11.6 Å². The second kappa shape index (κ2) is 11.6. The Hall–Kier alpha value is -3.00. The van der Waals surface area contributed by atoms with Gasteiger partial charge >= 0.3 is 12.1 Å². The molecule has 5 nitrogen and oxygen atoms in total. The van der Waals surface area contributed by atoms with Crippen molar-refractivity contribution < 1.29 is 27.9 Å². The maximum absolute atomic E-state index is 13.3. The zero-order valence-corrected chi connectivity index (χ0v) is 21.8. The Kier molecular flexibility index (Phi) is 8.95. The molecule has 1 atom stereocenters. The van der Waals surface area contributed by atoms with Gasteiger partial charge in [-0.1, -0.05) is 38.1 Å². The number of likely N-dealkylation sites (N-methyl/N-ethyl adjacent to an activating group) is 1. The highest BCUT2D eigenvalue weighted by Gasteiger charge is 2.41. The summed E-state index contributed by atoms with van der Waals surface area (Å²) in [4.78, 5) is 30.4. The van der Waals surface area contributed by atoms with Gasteiger partial charge in [0.1, 0.15) is 11.4 Å². The van der Waals surface area contributed by atoms with E-state index in [1.54, 1.807) is 24.3 Å². The van der Waals surface area contributed by atoms with E-state index in [1.165, 1.54) is 12.1 Å². The third kappa shape index (κ3) is 6.86. The van der Waals surface area contributed by atoms with Crippen molar-refractivity contribution in [3.8, 4) is 0 Å². The number of aldehydes is 1. The molecule has 1 aliphatic rings. The molecule has 8 heteroatoms. The van der Waals surface area contributed by atoms with E-state index >= 15 is 0 Å². The van der Waals surface area contributed by atoms with Crippen LogP contribution in [0.15, 0.2) is 53.5 Å². The van der Waals surface area contributed by atoms with Crippen LogP contribution in [0, 0.1) is 11.8 Å². The van der Waals surface area contributed by atoms with Crippen LogP contribution < -0.4 is 0 Å². The van der Waals surface area contributed by atoms with Crippen LogP contribution in [-0.2, 0) is 17.4 Å². The summed E-state index contributed by atoms with van der Waals surface area (Å²) in [7, 11) is 1.95. The predicted molar refractivity (Wildman–Crippen MR) is 138 cm³/mol. The normalized spacial score (nSPS) is 21.8. The minimum absolute atomic E-state index is 0.0129. The number of aromatic carboxylic acids is 1. The molecule has 0 radical (unpaired) electrons. The molecular formula is C29H35F3N2O3. The monoisotopic (exact) mass is 516 g/mol. The van der Waals surface area contributed by atoms with E-state index < -0.39 is 23.4 Å². The topological polar surface area (TPSA) is 70.0 Å². The van der Waals surface area contributed by atoms with Crippen LogP contribution in [0.4, 0.5) is 13.2 Å². The number of carbonyl (C=O) groups is 2. The molecule has 0 bridgehead atoms. The summed E-state index contributed by atoms with van der Waals surface area (Å²) in [6.07, 6.45) is -0.162. The van der Waals surface area contributed by atoms with E-state index in [1.807, 2.05) is 14.0 Å². The lowest BCUT2D eigenvalue weighted by atomic mass is 9.75. The van der Waals surface area contributed by atoms with Crippen molar-refractivity contribution in [3.05, 3.63) is 70.8 Å². The smallest absolute Gasteiger partial charge is 0.416 e. The average Bonchev–Trinajstić information content (AvgIpc) is 2.87. The Labute approximate surface area is 216 Å². The lowest BCUT2D eigenvalue weighted by Crippen LogP contribution is -2.52. The number of halogens is 3. The first-order chi connectivity index (χ1) is 17.4. The zero-order chi connectivity index (χ0) is 27.4. The number of carbonyl (C=O) groups excluding carboxylic acids is 1. The third-order valence-electron chi connectivity index (χ3n) is 7.75. The first kappa shape index (κ1) is 28.6. The SMILES string of the molecule is CC(C)C1CCC(/N=C(\C=O)c2cccc(C(F)(F)F)c2)(N(C)C(C)Cc2ccc(C(=O)O)cc2)CC1. The first-order valence-electron chi connectivity index (χ1n) is 12.6. The fraction of sp³-hybridized carbons (Fsp3) is 0.483. The van der Waals surface area contributed by atoms with E-state index in [0.717, 1.165) is 30.5 Å².